The number of halogens is 1. The summed E-state index contributed by atoms with van der Waals surface area (Å²) < 4.78 is 5.01. The summed E-state index contributed by atoms with van der Waals surface area (Å²) >= 11 is 6.12. The van der Waals surface area contributed by atoms with Crippen molar-refractivity contribution in [3.05, 3.63) is 104 Å². The third-order valence-electron chi connectivity index (χ3n) is 4.93. The van der Waals surface area contributed by atoms with Gasteiger partial charge in [-0.2, -0.15) is 0 Å². The van der Waals surface area contributed by atoms with Crippen LogP contribution in [0.15, 0.2) is 66.7 Å². The number of fused-ring (bicyclic) bond motifs is 1. The van der Waals surface area contributed by atoms with Crippen molar-refractivity contribution in [1.82, 2.24) is 0 Å². The van der Waals surface area contributed by atoms with Gasteiger partial charge in [0.25, 0.3) is 17.5 Å². The van der Waals surface area contributed by atoms with Crippen molar-refractivity contribution >= 4 is 46.5 Å². The average Bonchev–Trinajstić information content (AvgIpc) is 3.07. The number of hydrogen-bond donors (Lipinski definition) is 0. The molecule has 0 saturated carbocycles. The van der Waals surface area contributed by atoms with E-state index in [1.54, 1.807) is 18.2 Å². The van der Waals surface area contributed by atoms with E-state index in [-0.39, 0.29) is 38.7 Å². The molecule has 33 heavy (non-hydrogen) atoms. The zero-order valence-corrected chi connectivity index (χ0v) is 17.4. The number of Topliss-reactive ketones (excluding diaryl/α,β-unsaturated/α-hetero) is 1. The highest BCUT2D eigenvalue weighted by Crippen LogP contribution is 2.33. The van der Waals surface area contributed by atoms with Crippen molar-refractivity contribution < 1.29 is 28.8 Å². The number of benzene rings is 3. The number of ketones is 1. The number of imide groups is 1. The first-order valence-corrected chi connectivity index (χ1v) is 9.88. The van der Waals surface area contributed by atoms with Crippen LogP contribution < -0.4 is 4.90 Å². The molecule has 0 aliphatic carbocycles. The summed E-state index contributed by atoms with van der Waals surface area (Å²) in [7, 11) is 0. The van der Waals surface area contributed by atoms with Crippen LogP contribution in [0.4, 0.5) is 11.4 Å². The molecule has 9 nitrogen and oxygen atoms in total. The zero-order chi connectivity index (χ0) is 23.7. The van der Waals surface area contributed by atoms with Crippen LogP contribution in [0.5, 0.6) is 0 Å². The lowest BCUT2D eigenvalue weighted by Crippen LogP contribution is -2.29. The number of non-ortho nitro benzene ring substituents is 1. The number of ether oxygens (including phenoxy) is 1. The molecular weight excluding hydrogens is 452 g/mol. The Balaban J connectivity index is 1.51. The molecule has 0 aromatic heterocycles. The highest BCUT2D eigenvalue weighted by atomic mass is 35.5. The normalized spacial score (nSPS) is 12.5. The molecule has 10 heteroatoms. The molecule has 0 fully saturated rings. The molecule has 0 spiro atoms. The van der Waals surface area contributed by atoms with Crippen LogP contribution in [0.25, 0.3) is 0 Å². The Bertz CT molecular complexity index is 1350. The van der Waals surface area contributed by atoms with E-state index in [2.05, 4.69) is 0 Å². The van der Waals surface area contributed by atoms with Crippen LogP contribution >= 0.6 is 11.6 Å². The number of anilines is 1. The summed E-state index contributed by atoms with van der Waals surface area (Å²) in [5.41, 5.74) is 0.0301. The highest BCUT2D eigenvalue weighted by Gasteiger charge is 2.38. The smallest absolute Gasteiger partial charge is 0.338 e. The average molecular weight is 465 g/mol. The van der Waals surface area contributed by atoms with E-state index in [1.165, 1.54) is 42.5 Å². The van der Waals surface area contributed by atoms with Crippen molar-refractivity contribution in [3.63, 3.8) is 0 Å². The van der Waals surface area contributed by atoms with Gasteiger partial charge >= 0.3 is 5.97 Å². The maximum atomic E-state index is 12.9. The predicted octanol–water partition coefficient (Wildman–Crippen LogP) is 4.09. The summed E-state index contributed by atoms with van der Waals surface area (Å²) in [4.78, 5) is 61.4. The van der Waals surface area contributed by atoms with Gasteiger partial charge in [-0.05, 0) is 30.3 Å². The fourth-order valence-corrected chi connectivity index (χ4v) is 3.53. The van der Waals surface area contributed by atoms with Crippen LogP contribution in [-0.4, -0.2) is 35.1 Å². The van der Waals surface area contributed by atoms with Gasteiger partial charge in [0.1, 0.15) is 0 Å². The van der Waals surface area contributed by atoms with Gasteiger partial charge in [0, 0.05) is 17.7 Å². The number of rotatable bonds is 6. The number of nitro benzene ring substituents is 1. The van der Waals surface area contributed by atoms with Crippen molar-refractivity contribution in [2.24, 2.45) is 0 Å². The first kappa shape index (κ1) is 21.8. The summed E-state index contributed by atoms with van der Waals surface area (Å²) in [6.45, 7) is -0.657. The fourth-order valence-electron chi connectivity index (χ4n) is 3.31. The lowest BCUT2D eigenvalue weighted by Gasteiger charge is -2.15. The standard InChI is InChI=1S/C23H13ClN2O7/c24-18-6-1-2-7-19(18)25-21(28)16-9-8-14(11-17(16)22(25)29)23(30)33-12-20(27)13-4-3-5-15(10-13)26(31)32/h1-11H,12H2. The molecule has 0 N–H and O–H groups in total. The van der Waals surface area contributed by atoms with E-state index >= 15 is 0 Å². The topological polar surface area (TPSA) is 124 Å². The summed E-state index contributed by atoms with van der Waals surface area (Å²) in [5, 5.41) is 11.1. The molecule has 4 rings (SSSR count). The monoisotopic (exact) mass is 464 g/mol. The molecule has 0 radical (unpaired) electrons. The molecule has 0 bridgehead atoms. The Morgan fingerprint density at radius 2 is 1.64 bits per heavy atom. The maximum Gasteiger partial charge on any atom is 0.338 e. The Morgan fingerprint density at radius 1 is 0.909 bits per heavy atom. The molecule has 164 valence electrons. The molecule has 3 aromatic carbocycles. The number of nitro groups is 1. The van der Waals surface area contributed by atoms with E-state index < -0.39 is 35.1 Å². The Morgan fingerprint density at radius 3 is 2.36 bits per heavy atom. The Labute approximate surface area is 191 Å². The van der Waals surface area contributed by atoms with Gasteiger partial charge in [0.2, 0.25) is 5.78 Å². The highest BCUT2D eigenvalue weighted by molar-refractivity contribution is 6.39. The fraction of sp³-hybridized carbons (Fsp3) is 0.0435. The van der Waals surface area contributed by atoms with Crippen LogP contribution in [0.3, 0.4) is 0 Å². The van der Waals surface area contributed by atoms with Crippen molar-refractivity contribution in [3.8, 4) is 0 Å². The number of hydrogen-bond acceptors (Lipinski definition) is 7. The SMILES string of the molecule is O=C(COC(=O)c1ccc2c(c1)C(=O)N(c1ccccc1Cl)C2=O)c1cccc([N+](=O)[O-])c1. The largest absolute Gasteiger partial charge is 0.454 e. The maximum absolute atomic E-state index is 12.9. The minimum absolute atomic E-state index is 0.000574. The number of esters is 1. The van der Waals surface area contributed by atoms with Crippen LogP contribution in [-0.2, 0) is 4.74 Å². The first-order valence-electron chi connectivity index (χ1n) is 9.50. The van der Waals surface area contributed by atoms with E-state index in [1.807, 2.05) is 0 Å². The van der Waals surface area contributed by atoms with Gasteiger partial charge in [-0.25, -0.2) is 9.69 Å². The Kier molecular flexibility index (Phi) is 5.72. The number of nitrogens with zero attached hydrogens (tertiary/aromatic N) is 2. The zero-order valence-electron chi connectivity index (χ0n) is 16.7. The van der Waals surface area contributed by atoms with Gasteiger partial charge in [0.05, 0.1) is 32.3 Å². The molecule has 1 aliphatic heterocycles. The quantitative estimate of drug-likeness (QED) is 0.177. The van der Waals surface area contributed by atoms with Gasteiger partial charge in [-0.1, -0.05) is 35.9 Å². The molecule has 1 aliphatic rings. The summed E-state index contributed by atoms with van der Waals surface area (Å²) in [6, 6.07) is 15.2. The molecule has 2 amide bonds. The lowest BCUT2D eigenvalue weighted by atomic mass is 10.1. The molecule has 3 aromatic rings. The molecular formula is C23H13ClN2O7. The third-order valence-corrected chi connectivity index (χ3v) is 5.25. The van der Waals surface area contributed by atoms with Crippen molar-refractivity contribution in [2.75, 3.05) is 11.5 Å². The second-order valence-corrected chi connectivity index (χ2v) is 7.37. The van der Waals surface area contributed by atoms with E-state index in [9.17, 15) is 29.3 Å². The lowest BCUT2D eigenvalue weighted by molar-refractivity contribution is -0.384. The van der Waals surface area contributed by atoms with Crippen molar-refractivity contribution in [1.29, 1.82) is 0 Å². The van der Waals surface area contributed by atoms with Gasteiger partial charge in [-0.3, -0.25) is 24.5 Å². The van der Waals surface area contributed by atoms with Crippen molar-refractivity contribution in [2.45, 2.75) is 0 Å². The number of para-hydroxylation sites is 1. The van der Waals surface area contributed by atoms with Gasteiger partial charge in [-0.15, -0.1) is 0 Å². The van der Waals surface area contributed by atoms with E-state index in [0.717, 1.165) is 11.0 Å². The van der Waals surface area contributed by atoms with E-state index in [0.29, 0.717) is 0 Å². The summed E-state index contributed by atoms with van der Waals surface area (Å²) in [6.07, 6.45) is 0. The minimum atomic E-state index is -0.895. The molecule has 1 heterocycles. The van der Waals surface area contributed by atoms with Crippen LogP contribution in [0, 0.1) is 10.1 Å². The molecule has 0 saturated heterocycles. The second kappa shape index (κ2) is 8.64. The number of amides is 2. The van der Waals surface area contributed by atoms with Gasteiger partial charge in [0.15, 0.2) is 6.61 Å². The van der Waals surface area contributed by atoms with Gasteiger partial charge < -0.3 is 4.74 Å². The Hall–Kier alpha value is -4.37. The summed E-state index contributed by atoms with van der Waals surface area (Å²) in [5.74, 6) is -2.76. The van der Waals surface area contributed by atoms with Crippen LogP contribution in [0.1, 0.15) is 41.4 Å². The van der Waals surface area contributed by atoms with E-state index in [4.69, 9.17) is 16.3 Å². The predicted molar refractivity (Wildman–Crippen MR) is 117 cm³/mol. The minimum Gasteiger partial charge on any atom is -0.454 e. The molecule has 0 unspecified atom stereocenters. The van der Waals surface area contributed by atoms with Crippen LogP contribution in [0.2, 0.25) is 5.02 Å². The second-order valence-electron chi connectivity index (χ2n) is 6.96. The third kappa shape index (κ3) is 4.09. The number of carbonyl (C=O) groups is 4. The number of carbonyl (C=O) groups excluding carboxylic acids is 4. The molecule has 0 atom stereocenters. The first-order chi connectivity index (χ1) is 15.8.